The first-order valence-electron chi connectivity index (χ1n) is 6.65. The number of alkyl halides is 3. The zero-order valence-corrected chi connectivity index (χ0v) is 11.8. The minimum atomic E-state index is -4.66. The van der Waals surface area contributed by atoms with Crippen LogP contribution in [0.5, 0.6) is 0 Å². The fourth-order valence-corrected chi connectivity index (χ4v) is 1.88. The Morgan fingerprint density at radius 2 is 1.82 bits per heavy atom. The van der Waals surface area contributed by atoms with Gasteiger partial charge in [-0.15, -0.1) is 13.2 Å². The number of carbonyl (C=O) groups excluding carboxylic acids is 1. The highest BCUT2D eigenvalue weighted by Gasteiger charge is 2.39. The molecule has 0 saturated heterocycles. The van der Waals surface area contributed by atoms with Crippen LogP contribution in [0.3, 0.4) is 0 Å². The molecule has 1 aliphatic carbocycles. The minimum Gasteiger partial charge on any atom is -0.438 e. The molecule has 0 atom stereocenters. The largest absolute Gasteiger partial charge is 0.522 e. The van der Waals surface area contributed by atoms with Crippen molar-refractivity contribution in [2.45, 2.75) is 24.7 Å². The second kappa shape index (κ2) is 8.06. The van der Waals surface area contributed by atoms with E-state index in [1.54, 1.807) is 0 Å². The van der Waals surface area contributed by atoms with E-state index in [9.17, 15) is 18.0 Å². The van der Waals surface area contributed by atoms with Gasteiger partial charge in [-0.1, -0.05) is 0 Å². The van der Waals surface area contributed by atoms with Gasteiger partial charge in [-0.2, -0.15) is 0 Å². The summed E-state index contributed by atoms with van der Waals surface area (Å²) in [5.74, 6) is -1.36. The Morgan fingerprint density at radius 1 is 1.23 bits per heavy atom. The van der Waals surface area contributed by atoms with Crippen LogP contribution in [0.15, 0.2) is 0 Å². The summed E-state index contributed by atoms with van der Waals surface area (Å²) >= 11 is 0. The lowest BCUT2D eigenvalue weighted by molar-refractivity contribution is -0.330. The first-order valence-corrected chi connectivity index (χ1v) is 6.65. The van der Waals surface area contributed by atoms with Crippen LogP contribution in [-0.2, 0) is 19.0 Å². The van der Waals surface area contributed by atoms with Crippen LogP contribution < -0.4 is 5.73 Å². The number of nitrogens with two attached hydrogens (primary N) is 1. The highest BCUT2D eigenvalue weighted by atomic mass is 19.4. The zero-order chi connectivity index (χ0) is 16.8. The van der Waals surface area contributed by atoms with Crippen molar-refractivity contribution in [2.75, 3.05) is 33.2 Å². The fraction of sp³-hybridized carbons (Fsp3) is 0.917. The molecule has 0 unspecified atom stereocenters. The number of carbonyl (C=O) groups is 1. The van der Waals surface area contributed by atoms with Gasteiger partial charge in [0.15, 0.2) is 6.79 Å². The van der Waals surface area contributed by atoms with Gasteiger partial charge in [-0.25, -0.2) is 0 Å². The molecule has 0 aliphatic heterocycles. The van der Waals surface area contributed by atoms with Crippen LogP contribution >= 0.6 is 0 Å². The summed E-state index contributed by atoms with van der Waals surface area (Å²) in [4.78, 5) is 11.5. The third-order valence-corrected chi connectivity index (χ3v) is 3.36. The molecule has 130 valence electrons. The Balaban J connectivity index is 2.11. The molecule has 0 bridgehead atoms. The highest BCUT2D eigenvalue weighted by Crippen LogP contribution is 2.36. The predicted octanol–water partition coefficient (Wildman–Crippen LogP) is -0.252. The lowest BCUT2D eigenvalue weighted by Crippen LogP contribution is -2.51. The average Bonchev–Trinajstić information content (AvgIpc) is 2.40. The highest BCUT2D eigenvalue weighted by molar-refractivity contribution is 5.73. The number of aliphatic hydroxyl groups excluding tert-OH is 2. The van der Waals surface area contributed by atoms with Gasteiger partial charge in [-0.3, -0.25) is 9.53 Å². The number of esters is 1. The topological polar surface area (TPSA) is 111 Å². The molecule has 0 aromatic carbocycles. The maximum absolute atomic E-state index is 11.8. The summed E-state index contributed by atoms with van der Waals surface area (Å²) < 4.78 is 48.8. The predicted molar refractivity (Wildman–Crippen MR) is 66.2 cm³/mol. The Morgan fingerprint density at radius 3 is 2.32 bits per heavy atom. The van der Waals surface area contributed by atoms with Gasteiger partial charge < -0.3 is 25.4 Å². The van der Waals surface area contributed by atoms with Crippen LogP contribution in [0.1, 0.15) is 12.8 Å². The van der Waals surface area contributed by atoms with E-state index in [0.29, 0.717) is 0 Å². The summed E-state index contributed by atoms with van der Waals surface area (Å²) in [5.41, 5.74) is 4.21. The summed E-state index contributed by atoms with van der Waals surface area (Å²) in [7, 11) is 0. The number of aliphatic hydroxyl groups is 2. The van der Waals surface area contributed by atoms with Crippen molar-refractivity contribution in [1.29, 1.82) is 0 Å². The van der Waals surface area contributed by atoms with E-state index >= 15 is 0 Å². The summed E-state index contributed by atoms with van der Waals surface area (Å²) in [6.07, 6.45) is -4.13. The van der Waals surface area contributed by atoms with Gasteiger partial charge in [0.1, 0.15) is 0 Å². The van der Waals surface area contributed by atoms with E-state index in [1.165, 1.54) is 0 Å². The lowest BCUT2D eigenvalue weighted by atomic mass is 9.75. The molecule has 1 fully saturated rings. The molecule has 1 rings (SSSR count). The number of hydrogen-bond acceptors (Lipinski definition) is 7. The van der Waals surface area contributed by atoms with Crippen molar-refractivity contribution < 1.29 is 42.4 Å². The Bertz CT molecular complexity index is 355. The minimum absolute atomic E-state index is 0.208. The quantitative estimate of drug-likeness (QED) is 0.303. The van der Waals surface area contributed by atoms with E-state index < -0.39 is 50.4 Å². The van der Waals surface area contributed by atoms with Gasteiger partial charge in [0.25, 0.3) is 0 Å². The van der Waals surface area contributed by atoms with Crippen LogP contribution in [0.4, 0.5) is 13.2 Å². The SMILES string of the molecule is NC(CO)(CO)COCOC(=O)C1CC(COC(F)(F)F)C1. The second-order valence-corrected chi connectivity index (χ2v) is 5.40. The molecule has 10 heteroatoms. The van der Waals surface area contributed by atoms with Gasteiger partial charge in [0, 0.05) is 0 Å². The summed E-state index contributed by atoms with van der Waals surface area (Å²) in [5, 5.41) is 17.8. The van der Waals surface area contributed by atoms with Crippen molar-refractivity contribution in [3.63, 3.8) is 0 Å². The summed E-state index contributed by atoms with van der Waals surface area (Å²) in [6, 6.07) is 0. The first-order chi connectivity index (χ1) is 10.2. The van der Waals surface area contributed by atoms with Gasteiger partial charge in [0.2, 0.25) is 0 Å². The van der Waals surface area contributed by atoms with Crippen LogP contribution in [0.25, 0.3) is 0 Å². The number of halogens is 3. The lowest BCUT2D eigenvalue weighted by Gasteiger charge is -2.33. The third-order valence-electron chi connectivity index (χ3n) is 3.36. The monoisotopic (exact) mass is 331 g/mol. The summed E-state index contributed by atoms with van der Waals surface area (Å²) in [6.45, 7) is -2.08. The molecule has 0 radical (unpaired) electrons. The van der Waals surface area contributed by atoms with Crippen LogP contribution in [0, 0.1) is 11.8 Å². The van der Waals surface area contributed by atoms with Crippen molar-refractivity contribution in [2.24, 2.45) is 17.6 Å². The molecule has 0 amide bonds. The molecule has 0 spiro atoms. The van der Waals surface area contributed by atoms with E-state index in [0.717, 1.165) is 0 Å². The van der Waals surface area contributed by atoms with E-state index in [4.69, 9.17) is 25.4 Å². The smallest absolute Gasteiger partial charge is 0.438 e. The van der Waals surface area contributed by atoms with E-state index in [2.05, 4.69) is 4.74 Å². The maximum atomic E-state index is 11.8. The molecule has 1 aliphatic rings. The maximum Gasteiger partial charge on any atom is 0.522 e. The van der Waals surface area contributed by atoms with Crippen molar-refractivity contribution in [1.82, 2.24) is 0 Å². The Hall–Kier alpha value is -0.940. The molecule has 0 aromatic rings. The van der Waals surface area contributed by atoms with Crippen molar-refractivity contribution in [3.8, 4) is 0 Å². The van der Waals surface area contributed by atoms with E-state index in [1.807, 2.05) is 0 Å². The average molecular weight is 331 g/mol. The standard InChI is InChI=1S/C12H20F3NO6/c13-12(14,15)22-3-8-1-9(2-8)10(19)21-7-20-6-11(16,4-17)5-18/h8-9,17-18H,1-7,16H2. The van der Waals surface area contributed by atoms with Crippen LogP contribution in [-0.4, -0.2) is 61.3 Å². The second-order valence-electron chi connectivity index (χ2n) is 5.40. The molecular formula is C12H20F3NO6. The van der Waals surface area contributed by atoms with E-state index in [-0.39, 0.29) is 25.4 Å². The van der Waals surface area contributed by atoms with Crippen LogP contribution in [0.2, 0.25) is 0 Å². The number of hydrogen-bond donors (Lipinski definition) is 3. The third kappa shape index (κ3) is 6.44. The molecule has 4 N–H and O–H groups in total. The zero-order valence-electron chi connectivity index (χ0n) is 11.8. The van der Waals surface area contributed by atoms with Gasteiger partial charge in [0.05, 0.1) is 37.9 Å². The molecular weight excluding hydrogens is 311 g/mol. The number of ether oxygens (including phenoxy) is 3. The Labute approximate surface area is 125 Å². The molecule has 0 heterocycles. The number of rotatable bonds is 9. The van der Waals surface area contributed by atoms with Crippen molar-refractivity contribution in [3.05, 3.63) is 0 Å². The molecule has 22 heavy (non-hydrogen) atoms. The van der Waals surface area contributed by atoms with Crippen molar-refractivity contribution >= 4 is 5.97 Å². The molecule has 0 aromatic heterocycles. The molecule has 7 nitrogen and oxygen atoms in total. The molecule has 1 saturated carbocycles. The van der Waals surface area contributed by atoms with Gasteiger partial charge in [-0.05, 0) is 18.8 Å². The normalized spacial score (nSPS) is 22.3. The Kier molecular flexibility index (Phi) is 7.00. The fourth-order valence-electron chi connectivity index (χ4n) is 1.88. The first kappa shape index (κ1) is 19.1. The van der Waals surface area contributed by atoms with Gasteiger partial charge >= 0.3 is 12.3 Å².